The molecule has 0 saturated carbocycles. The number of carbonyl (C=O) groups is 3. The Morgan fingerprint density at radius 3 is 2.11 bits per heavy atom. The zero-order valence-electron chi connectivity index (χ0n) is 23.0. The molecular weight excluding hydrogens is 482 g/mol. The Kier molecular flexibility index (Phi) is 14.4. The summed E-state index contributed by atoms with van der Waals surface area (Å²) in [6.07, 6.45) is 7.63. The minimum Gasteiger partial charge on any atom is -0.497 e. The first kappa shape index (κ1) is 30.7. The van der Waals surface area contributed by atoms with Gasteiger partial charge < -0.3 is 25.4 Å². The maximum atomic E-state index is 13.0. The highest BCUT2D eigenvalue weighted by atomic mass is 16.5. The van der Waals surface area contributed by atoms with Crippen molar-refractivity contribution >= 4 is 17.9 Å². The number of unbranched alkanes of at least 4 members (excludes halogenated alkanes) is 6. The van der Waals surface area contributed by atoms with Crippen LogP contribution in [0.1, 0.15) is 76.3 Å². The summed E-state index contributed by atoms with van der Waals surface area (Å²) in [5.41, 5.74) is 1.78. The van der Waals surface area contributed by atoms with Crippen molar-refractivity contribution in [2.45, 2.75) is 90.4 Å². The number of hydrogen-bond acceptors (Lipinski definition) is 5. The van der Waals surface area contributed by atoms with Gasteiger partial charge in [-0.25, -0.2) is 4.79 Å². The molecule has 0 radical (unpaired) electrons. The lowest BCUT2D eigenvalue weighted by molar-refractivity contribution is -0.130. The molecule has 1 unspecified atom stereocenters. The molecule has 208 valence electrons. The van der Waals surface area contributed by atoms with Gasteiger partial charge in [-0.05, 0) is 36.6 Å². The van der Waals surface area contributed by atoms with Crippen molar-refractivity contribution in [2.75, 3.05) is 7.11 Å². The number of nitrogens with one attached hydrogen (secondary N) is 3. The van der Waals surface area contributed by atoms with Crippen LogP contribution in [0.15, 0.2) is 54.6 Å². The summed E-state index contributed by atoms with van der Waals surface area (Å²) in [6.45, 7) is 4.21. The van der Waals surface area contributed by atoms with Crippen molar-refractivity contribution in [1.29, 1.82) is 0 Å². The second kappa shape index (κ2) is 17.8. The maximum Gasteiger partial charge on any atom is 0.408 e. The van der Waals surface area contributed by atoms with Crippen LogP contribution in [0.4, 0.5) is 4.79 Å². The number of benzene rings is 2. The molecule has 2 rings (SSSR count). The van der Waals surface area contributed by atoms with E-state index in [1.54, 1.807) is 14.0 Å². The quantitative estimate of drug-likeness (QED) is 0.245. The molecule has 2 aromatic rings. The van der Waals surface area contributed by atoms with E-state index in [-0.39, 0.29) is 12.5 Å². The van der Waals surface area contributed by atoms with E-state index in [2.05, 4.69) is 22.9 Å². The van der Waals surface area contributed by atoms with Crippen LogP contribution >= 0.6 is 0 Å². The van der Waals surface area contributed by atoms with Crippen LogP contribution in [0.5, 0.6) is 5.75 Å². The van der Waals surface area contributed by atoms with Crippen LogP contribution in [0.2, 0.25) is 0 Å². The van der Waals surface area contributed by atoms with Crippen molar-refractivity contribution in [2.24, 2.45) is 0 Å². The van der Waals surface area contributed by atoms with Gasteiger partial charge in [0.2, 0.25) is 11.8 Å². The fourth-order valence-corrected chi connectivity index (χ4v) is 3.93. The van der Waals surface area contributed by atoms with Crippen molar-refractivity contribution < 1.29 is 23.9 Å². The molecule has 0 aliphatic heterocycles. The summed E-state index contributed by atoms with van der Waals surface area (Å²) in [5, 5.41) is 8.28. The summed E-state index contributed by atoms with van der Waals surface area (Å²) in [6, 6.07) is 15.2. The van der Waals surface area contributed by atoms with Crippen LogP contribution in [0.3, 0.4) is 0 Å². The number of amides is 3. The molecule has 2 atom stereocenters. The second-order valence-corrected chi connectivity index (χ2v) is 9.46. The molecule has 38 heavy (non-hydrogen) atoms. The van der Waals surface area contributed by atoms with Gasteiger partial charge in [0.05, 0.1) is 7.11 Å². The number of alkyl carbamates (subject to hydrolysis) is 1. The molecule has 8 nitrogen and oxygen atoms in total. The normalized spacial score (nSPS) is 12.2. The van der Waals surface area contributed by atoms with Crippen molar-refractivity contribution in [3.8, 4) is 5.75 Å². The van der Waals surface area contributed by atoms with Crippen LogP contribution in [-0.2, 0) is 27.5 Å². The Bertz CT molecular complexity index is 966. The van der Waals surface area contributed by atoms with E-state index in [1.807, 2.05) is 54.6 Å². The monoisotopic (exact) mass is 525 g/mol. The van der Waals surface area contributed by atoms with Gasteiger partial charge in [0, 0.05) is 6.54 Å². The first-order valence-electron chi connectivity index (χ1n) is 13.6. The highest BCUT2D eigenvalue weighted by Gasteiger charge is 2.24. The lowest BCUT2D eigenvalue weighted by atomic mass is 10.0. The van der Waals surface area contributed by atoms with E-state index in [9.17, 15) is 14.4 Å². The third-order valence-corrected chi connectivity index (χ3v) is 6.30. The number of methoxy groups -OCH3 is 1. The van der Waals surface area contributed by atoms with E-state index in [4.69, 9.17) is 9.47 Å². The second-order valence-electron chi connectivity index (χ2n) is 9.46. The fourth-order valence-electron chi connectivity index (χ4n) is 3.93. The molecule has 8 heteroatoms. The summed E-state index contributed by atoms with van der Waals surface area (Å²) >= 11 is 0. The zero-order chi connectivity index (χ0) is 27.6. The van der Waals surface area contributed by atoms with Gasteiger partial charge in [-0.1, -0.05) is 94.3 Å². The van der Waals surface area contributed by atoms with E-state index in [1.165, 1.54) is 25.7 Å². The number of rotatable bonds is 17. The minimum atomic E-state index is -0.857. The van der Waals surface area contributed by atoms with Crippen LogP contribution in [0.25, 0.3) is 0 Å². The van der Waals surface area contributed by atoms with Crippen LogP contribution in [0, 0.1) is 0 Å². The van der Waals surface area contributed by atoms with Gasteiger partial charge in [0.25, 0.3) is 0 Å². The fraction of sp³-hybridized carbons (Fsp3) is 0.500. The predicted molar refractivity (Wildman–Crippen MR) is 149 cm³/mol. The summed E-state index contributed by atoms with van der Waals surface area (Å²) in [7, 11) is 1.60. The van der Waals surface area contributed by atoms with E-state index in [0.29, 0.717) is 13.0 Å². The molecule has 0 saturated heterocycles. The number of ether oxygens (including phenoxy) is 2. The first-order chi connectivity index (χ1) is 18.4. The molecule has 0 aliphatic carbocycles. The Balaban J connectivity index is 1.87. The van der Waals surface area contributed by atoms with E-state index in [0.717, 1.165) is 36.1 Å². The smallest absolute Gasteiger partial charge is 0.408 e. The molecule has 3 amide bonds. The van der Waals surface area contributed by atoms with Gasteiger partial charge in [0.15, 0.2) is 0 Å². The average molecular weight is 526 g/mol. The van der Waals surface area contributed by atoms with Crippen molar-refractivity contribution in [3.63, 3.8) is 0 Å². The van der Waals surface area contributed by atoms with Crippen LogP contribution < -0.4 is 20.7 Å². The lowest BCUT2D eigenvalue weighted by Gasteiger charge is -2.21. The Hall–Kier alpha value is -3.55. The molecule has 0 bridgehead atoms. The molecule has 3 N–H and O–H groups in total. The summed E-state index contributed by atoms with van der Waals surface area (Å²) < 4.78 is 10.4. The number of carbonyl (C=O) groups excluding carboxylic acids is 3. The highest BCUT2D eigenvalue weighted by Crippen LogP contribution is 2.12. The minimum absolute atomic E-state index is 0.107. The molecule has 0 aliphatic rings. The van der Waals surface area contributed by atoms with Gasteiger partial charge >= 0.3 is 6.09 Å². The SMILES string of the molecule is CCCCCCCCCC(NC(=O)[C@H](C)NC(=O)OCc1ccccc1)C(=O)NCc1ccc(OC)cc1. The first-order valence-corrected chi connectivity index (χ1v) is 13.6. The largest absolute Gasteiger partial charge is 0.497 e. The predicted octanol–water partition coefficient (Wildman–Crippen LogP) is 5.25. The average Bonchev–Trinajstić information content (AvgIpc) is 2.94. The molecular formula is C30H43N3O5. The summed E-state index contributed by atoms with van der Waals surface area (Å²) in [5.74, 6) is 0.0566. The molecule has 0 aromatic heterocycles. The van der Waals surface area contributed by atoms with Crippen molar-refractivity contribution in [3.05, 3.63) is 65.7 Å². The van der Waals surface area contributed by atoms with Gasteiger partial charge in [-0.2, -0.15) is 0 Å². The van der Waals surface area contributed by atoms with E-state index < -0.39 is 24.1 Å². The summed E-state index contributed by atoms with van der Waals surface area (Å²) in [4.78, 5) is 38.0. The Morgan fingerprint density at radius 2 is 1.45 bits per heavy atom. The topological polar surface area (TPSA) is 106 Å². The van der Waals surface area contributed by atoms with Crippen LogP contribution in [-0.4, -0.2) is 37.1 Å². The van der Waals surface area contributed by atoms with Gasteiger partial charge in [-0.15, -0.1) is 0 Å². The highest BCUT2D eigenvalue weighted by molar-refractivity contribution is 5.91. The lowest BCUT2D eigenvalue weighted by Crippen LogP contribution is -2.52. The van der Waals surface area contributed by atoms with Gasteiger partial charge in [0.1, 0.15) is 24.4 Å². The molecule has 0 heterocycles. The number of hydrogen-bond donors (Lipinski definition) is 3. The van der Waals surface area contributed by atoms with Crippen molar-refractivity contribution in [1.82, 2.24) is 16.0 Å². The Morgan fingerprint density at radius 1 is 0.789 bits per heavy atom. The molecule has 0 fully saturated rings. The zero-order valence-corrected chi connectivity index (χ0v) is 23.0. The standard InChI is InChI=1S/C30H43N3O5/c1-4-5-6-7-8-9-13-16-27(29(35)31-21-24-17-19-26(37-3)20-18-24)33-28(34)23(2)32-30(36)38-22-25-14-11-10-12-15-25/h10-12,14-15,17-20,23,27H,4-9,13,16,21-22H2,1-3H3,(H,31,35)(H,32,36)(H,33,34)/t23-,27?/m0/s1. The van der Waals surface area contributed by atoms with E-state index >= 15 is 0 Å². The maximum absolute atomic E-state index is 13.0. The molecule has 0 spiro atoms. The van der Waals surface area contributed by atoms with Gasteiger partial charge in [-0.3, -0.25) is 9.59 Å². The Labute approximate surface area is 226 Å². The molecule has 2 aromatic carbocycles. The third-order valence-electron chi connectivity index (χ3n) is 6.30. The third kappa shape index (κ3) is 12.1.